The van der Waals surface area contributed by atoms with Crippen LogP contribution < -0.4 is 5.32 Å². The zero-order valence-corrected chi connectivity index (χ0v) is 48.3. The summed E-state index contributed by atoms with van der Waals surface area (Å²) in [6, 6.07) is -1.19. The highest BCUT2D eigenvalue weighted by molar-refractivity contribution is 5.80. The molecular formula is C64H119NO10. The molecule has 0 aromatic rings. The van der Waals surface area contributed by atoms with Crippen molar-refractivity contribution in [2.45, 2.75) is 339 Å². The molecule has 0 radical (unpaired) electrons. The first-order valence-electron chi connectivity index (χ1n) is 31.5. The lowest BCUT2D eigenvalue weighted by Gasteiger charge is -2.40. The fourth-order valence-corrected chi connectivity index (χ4v) is 9.96. The second-order valence-corrected chi connectivity index (χ2v) is 22.1. The predicted octanol–water partition coefficient (Wildman–Crippen LogP) is 14.0. The largest absolute Gasteiger partial charge is 0.394 e. The first-order chi connectivity index (χ1) is 36.7. The molecule has 9 atom stereocenters. The molecule has 1 fully saturated rings. The number of nitrogens with one attached hydrogen (secondary N) is 1. The lowest BCUT2D eigenvalue weighted by Crippen LogP contribution is -2.60. The highest BCUT2D eigenvalue weighted by atomic mass is 16.7. The van der Waals surface area contributed by atoms with Gasteiger partial charge in [0.1, 0.15) is 36.6 Å². The molecule has 1 aliphatic rings. The van der Waals surface area contributed by atoms with E-state index in [2.05, 4.69) is 67.8 Å². The zero-order valence-electron chi connectivity index (χ0n) is 48.3. The average Bonchev–Trinajstić information content (AvgIpc) is 3.41. The van der Waals surface area contributed by atoms with Crippen LogP contribution >= 0.6 is 0 Å². The van der Waals surface area contributed by atoms with Gasteiger partial charge in [-0.1, -0.05) is 249 Å². The Morgan fingerprint density at radius 3 is 1.27 bits per heavy atom. The molecule has 9 unspecified atom stereocenters. The molecule has 440 valence electrons. The van der Waals surface area contributed by atoms with Gasteiger partial charge in [0.05, 0.1) is 25.4 Å². The summed E-state index contributed by atoms with van der Waals surface area (Å²) in [5.74, 6) is -0.709. The fourth-order valence-electron chi connectivity index (χ4n) is 9.96. The molecule has 0 aliphatic carbocycles. The Balaban J connectivity index is 2.19. The Labute approximate surface area is 459 Å². The lowest BCUT2D eigenvalue weighted by atomic mass is 9.98. The van der Waals surface area contributed by atoms with Crippen LogP contribution in [0.2, 0.25) is 0 Å². The first-order valence-corrected chi connectivity index (χ1v) is 31.5. The van der Waals surface area contributed by atoms with Crippen molar-refractivity contribution in [3.05, 3.63) is 48.6 Å². The number of rotatable bonds is 54. The summed E-state index contributed by atoms with van der Waals surface area (Å²) in [6.45, 7) is 3.43. The molecule has 0 spiro atoms. The molecule has 75 heavy (non-hydrogen) atoms. The average molecular weight is 1060 g/mol. The molecule has 1 amide bonds. The maximum Gasteiger partial charge on any atom is 0.249 e. The lowest BCUT2D eigenvalue weighted by molar-refractivity contribution is -0.303. The molecule has 0 aromatic heterocycles. The summed E-state index contributed by atoms with van der Waals surface area (Å²) in [4.78, 5) is 13.2. The summed E-state index contributed by atoms with van der Waals surface area (Å²) < 4.78 is 11.1. The number of amides is 1. The zero-order chi connectivity index (χ0) is 54.7. The number of ether oxygens (including phenoxy) is 2. The van der Waals surface area contributed by atoms with Gasteiger partial charge in [0.25, 0.3) is 0 Å². The maximum absolute atomic E-state index is 13.2. The molecule has 11 nitrogen and oxygen atoms in total. The highest BCUT2D eigenvalue weighted by Crippen LogP contribution is 2.23. The molecular weight excluding hydrogens is 943 g/mol. The normalized spacial score (nSPS) is 20.0. The van der Waals surface area contributed by atoms with Gasteiger partial charge in [0, 0.05) is 0 Å². The van der Waals surface area contributed by atoms with E-state index in [0.717, 1.165) is 44.9 Å². The predicted molar refractivity (Wildman–Crippen MR) is 311 cm³/mol. The Morgan fingerprint density at radius 1 is 0.467 bits per heavy atom. The first kappa shape index (κ1) is 71.1. The van der Waals surface area contributed by atoms with Crippen molar-refractivity contribution >= 4 is 5.91 Å². The van der Waals surface area contributed by atoms with E-state index in [1.807, 2.05) is 0 Å². The minimum Gasteiger partial charge on any atom is -0.394 e. The van der Waals surface area contributed by atoms with Crippen LogP contribution in [0.4, 0.5) is 0 Å². The van der Waals surface area contributed by atoms with E-state index in [-0.39, 0.29) is 12.8 Å². The quantitative estimate of drug-likeness (QED) is 0.0215. The van der Waals surface area contributed by atoms with E-state index in [1.54, 1.807) is 0 Å². The van der Waals surface area contributed by atoms with E-state index in [1.165, 1.54) is 193 Å². The van der Waals surface area contributed by atoms with Crippen molar-refractivity contribution in [3.8, 4) is 0 Å². The van der Waals surface area contributed by atoms with E-state index in [9.17, 15) is 40.5 Å². The summed E-state index contributed by atoms with van der Waals surface area (Å²) in [5.41, 5.74) is 0. The van der Waals surface area contributed by atoms with Gasteiger partial charge in [0.2, 0.25) is 5.91 Å². The number of hydrogen-bond donors (Lipinski definition) is 8. The summed E-state index contributed by atoms with van der Waals surface area (Å²) >= 11 is 0. The summed E-state index contributed by atoms with van der Waals surface area (Å²) in [7, 11) is 0. The van der Waals surface area contributed by atoms with Crippen LogP contribution in [0.3, 0.4) is 0 Å². The van der Waals surface area contributed by atoms with Crippen LogP contribution in [-0.4, -0.2) is 110 Å². The van der Waals surface area contributed by atoms with Crippen LogP contribution in [0.25, 0.3) is 0 Å². The molecule has 11 heteroatoms. The maximum atomic E-state index is 13.2. The van der Waals surface area contributed by atoms with Gasteiger partial charge in [-0.25, -0.2) is 0 Å². The number of unbranched alkanes of at least 4 members (excludes halogenated alkanes) is 34. The van der Waals surface area contributed by atoms with Gasteiger partial charge in [-0.15, -0.1) is 0 Å². The van der Waals surface area contributed by atoms with Gasteiger partial charge in [-0.05, 0) is 83.5 Å². The van der Waals surface area contributed by atoms with Crippen molar-refractivity contribution < 1.29 is 50.0 Å². The van der Waals surface area contributed by atoms with E-state index in [4.69, 9.17) is 9.47 Å². The van der Waals surface area contributed by atoms with Gasteiger partial charge in [-0.2, -0.15) is 0 Å². The number of carbonyl (C=O) groups excluding carboxylic acids is 1. The number of aliphatic hydroxyl groups excluding tert-OH is 7. The highest BCUT2D eigenvalue weighted by Gasteiger charge is 2.44. The molecule has 0 aromatic carbocycles. The second-order valence-electron chi connectivity index (χ2n) is 22.1. The number of aliphatic hydroxyl groups is 7. The Hall–Kier alpha value is -1.93. The van der Waals surface area contributed by atoms with Crippen LogP contribution in [0.15, 0.2) is 48.6 Å². The SMILES string of the molecule is CCCCCCC/C=C/CC/C=C/CCCC(O)C(O)C(COC1OC(CO)C(O)C(O)C1O)NC(=O)C(O)CCCCCCCCCCCCCCCCCC/C=C\C/C=C\CCCCCCCCCCCCC. The minimum absolute atomic E-state index is 0.246. The van der Waals surface area contributed by atoms with Gasteiger partial charge < -0.3 is 50.5 Å². The molecule has 1 aliphatic heterocycles. The number of hydrogen-bond acceptors (Lipinski definition) is 10. The summed E-state index contributed by atoms with van der Waals surface area (Å²) in [6.07, 6.45) is 56.3. The summed E-state index contributed by atoms with van der Waals surface area (Å²) in [5, 5.41) is 76.1. The number of allylic oxidation sites excluding steroid dienone is 8. The molecule has 8 N–H and O–H groups in total. The topological polar surface area (TPSA) is 189 Å². The van der Waals surface area contributed by atoms with Crippen LogP contribution in [0.1, 0.15) is 284 Å². The van der Waals surface area contributed by atoms with Crippen LogP contribution in [0.5, 0.6) is 0 Å². The Morgan fingerprint density at radius 2 is 0.840 bits per heavy atom. The van der Waals surface area contributed by atoms with Crippen molar-refractivity contribution in [2.24, 2.45) is 0 Å². The molecule has 0 bridgehead atoms. The molecule has 1 heterocycles. The van der Waals surface area contributed by atoms with E-state index in [0.29, 0.717) is 19.3 Å². The Kier molecular flexibility index (Phi) is 50.0. The second kappa shape index (κ2) is 52.8. The third kappa shape index (κ3) is 40.9. The van der Waals surface area contributed by atoms with Crippen molar-refractivity contribution in [2.75, 3.05) is 13.2 Å². The van der Waals surface area contributed by atoms with Crippen LogP contribution in [-0.2, 0) is 14.3 Å². The molecule has 1 rings (SSSR count). The molecule has 1 saturated heterocycles. The van der Waals surface area contributed by atoms with Crippen LogP contribution in [0, 0.1) is 0 Å². The third-order valence-corrected chi connectivity index (χ3v) is 15.1. The molecule has 0 saturated carbocycles. The van der Waals surface area contributed by atoms with Gasteiger partial charge in [0.15, 0.2) is 6.29 Å². The van der Waals surface area contributed by atoms with Crippen molar-refractivity contribution in [3.63, 3.8) is 0 Å². The van der Waals surface area contributed by atoms with E-state index < -0.39 is 74.2 Å². The third-order valence-electron chi connectivity index (χ3n) is 15.1. The fraction of sp³-hybridized carbons (Fsp3) is 0.859. The monoisotopic (exact) mass is 1060 g/mol. The Bertz CT molecular complexity index is 1360. The van der Waals surface area contributed by atoms with E-state index >= 15 is 0 Å². The standard InChI is InChI=1S/C64H119NO10/c1-3-5-7-9-11-13-15-17-19-20-21-22-23-24-25-26-27-28-29-30-31-32-33-34-35-36-37-38-40-42-44-46-48-50-52-57(68)63(73)65-55(54-74-64-62(72)61(71)60(70)58(53-66)75-64)59(69)56(67)51-49-47-45-43-41-39-18-16-14-12-10-8-6-4-2/h16,18,23-24,26-27,43,45,55-62,64,66-72H,3-15,17,19-22,25,28-42,44,46-54H2,1-2H3,(H,65,73)/b18-16+,24-23-,27-26-,45-43+. The van der Waals surface area contributed by atoms with Gasteiger partial charge in [-0.3, -0.25) is 4.79 Å². The number of carbonyl (C=O) groups is 1. The minimum atomic E-state index is -1.67. The van der Waals surface area contributed by atoms with Crippen molar-refractivity contribution in [1.29, 1.82) is 0 Å². The smallest absolute Gasteiger partial charge is 0.249 e. The van der Waals surface area contributed by atoms with Gasteiger partial charge >= 0.3 is 0 Å². The van der Waals surface area contributed by atoms with Crippen molar-refractivity contribution in [1.82, 2.24) is 5.32 Å².